The number of likely N-dealkylation sites (N-methyl/N-ethyl adjacent to an activating group) is 1. The van der Waals surface area contributed by atoms with E-state index in [1.54, 1.807) is 0 Å². The fourth-order valence-electron chi connectivity index (χ4n) is 2.48. The average molecular weight is 283 g/mol. The Morgan fingerprint density at radius 2 is 2.15 bits per heavy atom. The van der Waals surface area contributed by atoms with Crippen LogP contribution in [0.4, 0.5) is 14.5 Å². The van der Waals surface area contributed by atoms with Crippen LogP contribution in [0.1, 0.15) is 30.1 Å². The van der Waals surface area contributed by atoms with Gasteiger partial charge >= 0.3 is 0 Å². The summed E-state index contributed by atoms with van der Waals surface area (Å²) in [6.45, 7) is 4.79. The Morgan fingerprint density at radius 1 is 1.45 bits per heavy atom. The summed E-state index contributed by atoms with van der Waals surface area (Å²) in [5.41, 5.74) is 5.50. The van der Waals surface area contributed by atoms with E-state index in [9.17, 15) is 13.6 Å². The number of hydrogen-bond donors (Lipinski definition) is 2. The summed E-state index contributed by atoms with van der Waals surface area (Å²) in [6, 6.07) is 1.70. The van der Waals surface area contributed by atoms with Crippen molar-refractivity contribution in [2.45, 2.75) is 25.8 Å². The van der Waals surface area contributed by atoms with E-state index in [-0.39, 0.29) is 17.3 Å². The second-order valence-electron chi connectivity index (χ2n) is 5.06. The Bertz CT molecular complexity index is 507. The minimum atomic E-state index is -1.07. The second-order valence-corrected chi connectivity index (χ2v) is 5.06. The van der Waals surface area contributed by atoms with Gasteiger partial charge in [0.25, 0.3) is 5.91 Å². The van der Waals surface area contributed by atoms with Gasteiger partial charge in [0.05, 0.1) is 5.56 Å². The molecule has 4 nitrogen and oxygen atoms in total. The van der Waals surface area contributed by atoms with Crippen molar-refractivity contribution < 1.29 is 13.6 Å². The number of piperidine rings is 1. The van der Waals surface area contributed by atoms with E-state index in [0.29, 0.717) is 0 Å². The van der Waals surface area contributed by atoms with E-state index in [0.717, 1.165) is 44.6 Å². The molecule has 1 unspecified atom stereocenters. The van der Waals surface area contributed by atoms with Gasteiger partial charge in [-0.15, -0.1) is 0 Å². The number of anilines is 1. The summed E-state index contributed by atoms with van der Waals surface area (Å²) in [5, 5.41) is 2.84. The molecule has 2 rings (SSSR count). The van der Waals surface area contributed by atoms with Gasteiger partial charge in [0.15, 0.2) is 11.6 Å². The highest BCUT2D eigenvalue weighted by molar-refractivity contribution is 5.99. The Morgan fingerprint density at radius 3 is 2.85 bits per heavy atom. The highest BCUT2D eigenvalue weighted by Crippen LogP contribution is 2.18. The molecule has 0 saturated carbocycles. The zero-order valence-electron chi connectivity index (χ0n) is 11.5. The zero-order chi connectivity index (χ0) is 14.7. The smallest absolute Gasteiger partial charge is 0.253 e. The highest BCUT2D eigenvalue weighted by Gasteiger charge is 2.22. The maximum absolute atomic E-state index is 13.2. The van der Waals surface area contributed by atoms with Crippen molar-refractivity contribution in [3.05, 3.63) is 29.3 Å². The summed E-state index contributed by atoms with van der Waals surface area (Å²) in [6.07, 6.45) is 1.89. The number of nitrogens with zero attached hydrogens (tertiary/aromatic N) is 1. The number of amides is 1. The van der Waals surface area contributed by atoms with Crippen molar-refractivity contribution in [1.29, 1.82) is 0 Å². The number of benzene rings is 1. The zero-order valence-corrected chi connectivity index (χ0v) is 11.5. The summed E-state index contributed by atoms with van der Waals surface area (Å²) in [4.78, 5) is 14.3. The molecule has 1 saturated heterocycles. The Labute approximate surface area is 116 Å². The first-order valence-corrected chi connectivity index (χ1v) is 6.79. The van der Waals surface area contributed by atoms with E-state index in [1.807, 2.05) is 0 Å². The molecule has 0 spiro atoms. The number of carbonyl (C=O) groups excluding carboxylic acids is 1. The molecular formula is C14H19F2N3O. The molecule has 1 atom stereocenters. The van der Waals surface area contributed by atoms with Crippen LogP contribution in [-0.2, 0) is 0 Å². The monoisotopic (exact) mass is 283 g/mol. The minimum absolute atomic E-state index is 0.0162. The summed E-state index contributed by atoms with van der Waals surface area (Å²) in [5.74, 6) is -2.57. The molecule has 1 heterocycles. The van der Waals surface area contributed by atoms with Crippen molar-refractivity contribution in [2.24, 2.45) is 0 Å². The van der Waals surface area contributed by atoms with Crippen LogP contribution >= 0.6 is 0 Å². The van der Waals surface area contributed by atoms with Gasteiger partial charge in [-0.1, -0.05) is 6.92 Å². The van der Waals surface area contributed by atoms with Crippen LogP contribution in [0.3, 0.4) is 0 Å². The van der Waals surface area contributed by atoms with Gasteiger partial charge < -0.3 is 16.0 Å². The number of nitrogens with two attached hydrogens (primary N) is 1. The van der Waals surface area contributed by atoms with E-state index >= 15 is 0 Å². The first-order chi connectivity index (χ1) is 9.51. The van der Waals surface area contributed by atoms with E-state index in [2.05, 4.69) is 17.1 Å². The van der Waals surface area contributed by atoms with Crippen LogP contribution in [-0.4, -0.2) is 36.5 Å². The number of hydrogen-bond acceptors (Lipinski definition) is 3. The fraction of sp³-hybridized carbons (Fsp3) is 0.500. The molecule has 6 heteroatoms. The average Bonchev–Trinajstić information content (AvgIpc) is 2.43. The van der Waals surface area contributed by atoms with Gasteiger partial charge in [0.2, 0.25) is 0 Å². The van der Waals surface area contributed by atoms with E-state index in [4.69, 9.17) is 5.73 Å². The van der Waals surface area contributed by atoms with Crippen LogP contribution in [0.5, 0.6) is 0 Å². The molecule has 1 amide bonds. The lowest BCUT2D eigenvalue weighted by molar-refractivity contribution is 0.0906. The Kier molecular flexibility index (Phi) is 4.54. The van der Waals surface area contributed by atoms with Crippen LogP contribution in [0.15, 0.2) is 12.1 Å². The number of likely N-dealkylation sites (tertiary alicyclic amines) is 1. The SMILES string of the molecule is CCN1CCCC(NC(=O)c2cc(F)c(F)cc2N)C1. The molecule has 1 aliphatic rings. The lowest BCUT2D eigenvalue weighted by Gasteiger charge is -2.32. The Hall–Kier alpha value is -1.69. The number of nitrogens with one attached hydrogen (secondary N) is 1. The van der Waals surface area contributed by atoms with Crippen molar-refractivity contribution in [1.82, 2.24) is 10.2 Å². The van der Waals surface area contributed by atoms with Gasteiger partial charge in [-0.3, -0.25) is 4.79 Å². The van der Waals surface area contributed by atoms with Crippen LogP contribution in [0.2, 0.25) is 0 Å². The van der Waals surface area contributed by atoms with Crippen LogP contribution < -0.4 is 11.1 Å². The van der Waals surface area contributed by atoms with Crippen LogP contribution in [0, 0.1) is 11.6 Å². The molecular weight excluding hydrogens is 264 g/mol. The molecule has 1 aromatic rings. The first-order valence-electron chi connectivity index (χ1n) is 6.79. The van der Waals surface area contributed by atoms with Crippen molar-refractivity contribution in [3.8, 4) is 0 Å². The standard InChI is InChI=1S/C14H19F2N3O/c1-2-19-5-3-4-9(8-19)18-14(20)10-6-11(15)12(16)7-13(10)17/h6-7,9H,2-5,8,17H2,1H3,(H,18,20). The molecule has 20 heavy (non-hydrogen) atoms. The molecule has 1 aliphatic heterocycles. The van der Waals surface area contributed by atoms with E-state index < -0.39 is 17.5 Å². The van der Waals surface area contributed by atoms with Crippen molar-refractivity contribution >= 4 is 11.6 Å². The largest absolute Gasteiger partial charge is 0.398 e. The van der Waals surface area contributed by atoms with Gasteiger partial charge in [-0.2, -0.15) is 0 Å². The minimum Gasteiger partial charge on any atom is -0.398 e. The fourth-order valence-corrected chi connectivity index (χ4v) is 2.48. The predicted molar refractivity (Wildman–Crippen MR) is 73.4 cm³/mol. The van der Waals surface area contributed by atoms with Gasteiger partial charge in [0.1, 0.15) is 0 Å². The summed E-state index contributed by atoms with van der Waals surface area (Å²) < 4.78 is 26.2. The molecule has 1 fully saturated rings. The van der Waals surface area contributed by atoms with Crippen LogP contribution in [0.25, 0.3) is 0 Å². The summed E-state index contributed by atoms with van der Waals surface area (Å²) in [7, 11) is 0. The van der Waals surface area contributed by atoms with Gasteiger partial charge in [-0.05, 0) is 32.0 Å². The predicted octanol–water partition coefficient (Wildman–Crippen LogP) is 1.76. The van der Waals surface area contributed by atoms with Gasteiger partial charge in [-0.25, -0.2) is 8.78 Å². The molecule has 0 aromatic heterocycles. The number of halogens is 2. The highest BCUT2D eigenvalue weighted by atomic mass is 19.2. The lowest BCUT2D eigenvalue weighted by Crippen LogP contribution is -2.47. The molecule has 0 aliphatic carbocycles. The number of rotatable bonds is 3. The van der Waals surface area contributed by atoms with Gasteiger partial charge in [0, 0.05) is 24.3 Å². The normalized spacial score (nSPS) is 19.9. The third-order valence-electron chi connectivity index (χ3n) is 3.63. The number of carbonyl (C=O) groups is 1. The molecule has 110 valence electrons. The van der Waals surface area contributed by atoms with E-state index in [1.165, 1.54) is 0 Å². The third kappa shape index (κ3) is 3.25. The third-order valence-corrected chi connectivity index (χ3v) is 3.63. The molecule has 0 radical (unpaired) electrons. The molecule has 0 bridgehead atoms. The quantitative estimate of drug-likeness (QED) is 0.831. The van der Waals surface area contributed by atoms with Crippen molar-refractivity contribution in [2.75, 3.05) is 25.4 Å². The Balaban J connectivity index is 2.06. The molecule has 1 aromatic carbocycles. The lowest BCUT2D eigenvalue weighted by atomic mass is 10.0. The maximum Gasteiger partial charge on any atom is 0.253 e. The number of nitrogen functional groups attached to an aromatic ring is 1. The first kappa shape index (κ1) is 14.7. The maximum atomic E-state index is 13.2. The molecule has 3 N–H and O–H groups in total. The summed E-state index contributed by atoms with van der Waals surface area (Å²) >= 11 is 0. The second kappa shape index (κ2) is 6.17. The topological polar surface area (TPSA) is 58.4 Å². The van der Waals surface area contributed by atoms with Crippen molar-refractivity contribution in [3.63, 3.8) is 0 Å².